The first-order chi connectivity index (χ1) is 7.98. The van der Waals surface area contributed by atoms with Crippen molar-refractivity contribution in [1.82, 2.24) is 4.98 Å². The topological polar surface area (TPSA) is 22.1 Å². The van der Waals surface area contributed by atoms with Crippen LogP contribution in [0.25, 0.3) is 0 Å². The van der Waals surface area contributed by atoms with Crippen LogP contribution in [0.3, 0.4) is 0 Å². The van der Waals surface area contributed by atoms with E-state index in [1.165, 1.54) is 6.07 Å². The summed E-state index contributed by atoms with van der Waals surface area (Å²) in [5, 5.41) is 0. The van der Waals surface area contributed by atoms with Crippen molar-refractivity contribution < 1.29 is 17.9 Å². The third-order valence-electron chi connectivity index (χ3n) is 2.76. The van der Waals surface area contributed by atoms with Crippen LogP contribution in [0.2, 0.25) is 0 Å². The SMILES string of the molecule is FC(F)(F)c1nc(Br)ccc1C1CCCOC1. The molecule has 2 heterocycles. The molecule has 1 aromatic heterocycles. The molecular weight excluding hydrogens is 299 g/mol. The second kappa shape index (κ2) is 4.94. The van der Waals surface area contributed by atoms with Crippen molar-refractivity contribution in [2.24, 2.45) is 0 Å². The number of aromatic nitrogens is 1. The Hall–Kier alpha value is -0.620. The van der Waals surface area contributed by atoms with Crippen LogP contribution in [0, 0.1) is 0 Å². The first-order valence-corrected chi connectivity index (χ1v) is 6.09. The number of ether oxygens (including phenoxy) is 1. The fourth-order valence-electron chi connectivity index (χ4n) is 1.99. The maximum Gasteiger partial charge on any atom is 0.433 e. The van der Waals surface area contributed by atoms with Gasteiger partial charge in [-0.1, -0.05) is 6.07 Å². The van der Waals surface area contributed by atoms with E-state index in [2.05, 4.69) is 20.9 Å². The predicted octanol–water partition coefficient (Wildman–Crippen LogP) is 3.76. The third kappa shape index (κ3) is 2.98. The highest BCUT2D eigenvalue weighted by Crippen LogP contribution is 2.37. The zero-order valence-electron chi connectivity index (χ0n) is 8.93. The monoisotopic (exact) mass is 309 g/mol. The first-order valence-electron chi connectivity index (χ1n) is 5.30. The molecule has 0 radical (unpaired) electrons. The van der Waals surface area contributed by atoms with Gasteiger partial charge < -0.3 is 4.74 Å². The molecule has 1 unspecified atom stereocenters. The molecule has 0 spiro atoms. The summed E-state index contributed by atoms with van der Waals surface area (Å²) in [6, 6.07) is 3.03. The van der Waals surface area contributed by atoms with E-state index in [4.69, 9.17) is 4.74 Å². The second-order valence-corrected chi connectivity index (χ2v) is 4.80. The molecule has 1 atom stereocenters. The van der Waals surface area contributed by atoms with E-state index in [-0.39, 0.29) is 16.1 Å². The van der Waals surface area contributed by atoms with Crippen molar-refractivity contribution in [3.63, 3.8) is 0 Å². The van der Waals surface area contributed by atoms with Gasteiger partial charge in [-0.25, -0.2) is 4.98 Å². The van der Waals surface area contributed by atoms with E-state index >= 15 is 0 Å². The van der Waals surface area contributed by atoms with Crippen molar-refractivity contribution in [3.8, 4) is 0 Å². The summed E-state index contributed by atoms with van der Waals surface area (Å²) in [6.07, 6.45) is -2.92. The average molecular weight is 310 g/mol. The van der Waals surface area contributed by atoms with Gasteiger partial charge in [-0.15, -0.1) is 0 Å². The fraction of sp³-hybridized carbons (Fsp3) is 0.545. The molecule has 0 N–H and O–H groups in total. The molecule has 0 aliphatic carbocycles. The van der Waals surface area contributed by atoms with E-state index < -0.39 is 11.9 Å². The van der Waals surface area contributed by atoms with Crippen LogP contribution in [-0.4, -0.2) is 18.2 Å². The van der Waals surface area contributed by atoms with E-state index in [1.807, 2.05) is 0 Å². The number of pyridine rings is 1. The van der Waals surface area contributed by atoms with Gasteiger partial charge in [0.2, 0.25) is 0 Å². The Bertz CT molecular complexity index is 402. The van der Waals surface area contributed by atoms with Gasteiger partial charge in [0.15, 0.2) is 0 Å². The van der Waals surface area contributed by atoms with Crippen LogP contribution in [0.4, 0.5) is 13.2 Å². The number of hydrogen-bond donors (Lipinski definition) is 0. The van der Waals surface area contributed by atoms with Crippen LogP contribution < -0.4 is 0 Å². The lowest BCUT2D eigenvalue weighted by atomic mass is 9.92. The van der Waals surface area contributed by atoms with E-state index in [0.717, 1.165) is 6.42 Å². The van der Waals surface area contributed by atoms with Gasteiger partial charge in [0.05, 0.1) is 6.61 Å². The molecule has 1 saturated heterocycles. The highest BCUT2D eigenvalue weighted by Gasteiger charge is 2.37. The first kappa shape index (κ1) is 12.8. The van der Waals surface area contributed by atoms with Crippen LogP contribution in [0.1, 0.15) is 30.0 Å². The second-order valence-electron chi connectivity index (χ2n) is 3.98. The summed E-state index contributed by atoms with van der Waals surface area (Å²) >= 11 is 2.97. The van der Waals surface area contributed by atoms with E-state index in [9.17, 15) is 13.2 Å². The summed E-state index contributed by atoms with van der Waals surface area (Å²) in [4.78, 5) is 3.56. The third-order valence-corrected chi connectivity index (χ3v) is 3.20. The maximum absolute atomic E-state index is 12.9. The van der Waals surface area contributed by atoms with Gasteiger partial charge in [-0.2, -0.15) is 13.2 Å². The molecule has 0 amide bonds. The number of nitrogens with zero attached hydrogens (tertiary/aromatic N) is 1. The summed E-state index contributed by atoms with van der Waals surface area (Å²) < 4.78 is 44.0. The van der Waals surface area contributed by atoms with E-state index in [0.29, 0.717) is 19.6 Å². The molecule has 1 aromatic rings. The molecule has 1 aliphatic rings. The Morgan fingerprint density at radius 3 is 2.71 bits per heavy atom. The van der Waals surface area contributed by atoms with Crippen molar-refractivity contribution in [3.05, 3.63) is 28.0 Å². The normalized spacial score (nSPS) is 21.5. The molecule has 17 heavy (non-hydrogen) atoms. The van der Waals surface area contributed by atoms with Crippen LogP contribution >= 0.6 is 15.9 Å². The minimum absolute atomic E-state index is 0.199. The lowest BCUT2D eigenvalue weighted by Crippen LogP contribution is -2.21. The highest BCUT2D eigenvalue weighted by atomic mass is 79.9. The Kier molecular flexibility index (Phi) is 3.73. The lowest BCUT2D eigenvalue weighted by molar-refractivity contribution is -0.142. The van der Waals surface area contributed by atoms with Gasteiger partial charge >= 0.3 is 6.18 Å². The predicted molar refractivity (Wildman–Crippen MR) is 59.7 cm³/mol. The van der Waals surface area contributed by atoms with Crippen LogP contribution in [0.5, 0.6) is 0 Å². The molecule has 2 rings (SSSR count). The van der Waals surface area contributed by atoms with Crippen LogP contribution in [0.15, 0.2) is 16.7 Å². The van der Waals surface area contributed by atoms with E-state index in [1.54, 1.807) is 6.07 Å². The molecule has 0 bridgehead atoms. The fourth-order valence-corrected chi connectivity index (χ4v) is 2.30. The summed E-state index contributed by atoms with van der Waals surface area (Å²) in [5.41, 5.74) is -0.567. The molecule has 2 nitrogen and oxygen atoms in total. The van der Waals surface area contributed by atoms with Gasteiger partial charge in [0.25, 0.3) is 0 Å². The van der Waals surface area contributed by atoms with Gasteiger partial charge in [0.1, 0.15) is 10.3 Å². The molecule has 94 valence electrons. The molecular formula is C11H11BrF3NO. The minimum atomic E-state index is -4.42. The summed E-state index contributed by atoms with van der Waals surface area (Å²) in [6.45, 7) is 0.966. The number of halogens is 4. The van der Waals surface area contributed by atoms with Gasteiger partial charge in [-0.05, 0) is 40.4 Å². The lowest BCUT2D eigenvalue weighted by Gasteiger charge is -2.24. The maximum atomic E-state index is 12.9. The van der Waals surface area contributed by atoms with Crippen molar-refractivity contribution in [1.29, 1.82) is 0 Å². The molecule has 6 heteroatoms. The van der Waals surface area contributed by atoms with Gasteiger partial charge in [0, 0.05) is 12.5 Å². The summed E-state index contributed by atoms with van der Waals surface area (Å²) in [7, 11) is 0. The van der Waals surface area contributed by atoms with Crippen molar-refractivity contribution in [2.75, 3.05) is 13.2 Å². The Balaban J connectivity index is 2.38. The number of rotatable bonds is 1. The number of alkyl halides is 3. The zero-order chi connectivity index (χ0) is 12.5. The zero-order valence-corrected chi connectivity index (χ0v) is 10.5. The Labute approximate surface area is 105 Å². The van der Waals surface area contributed by atoms with Crippen LogP contribution in [-0.2, 0) is 10.9 Å². The molecule has 0 aromatic carbocycles. The minimum Gasteiger partial charge on any atom is -0.381 e. The van der Waals surface area contributed by atoms with Gasteiger partial charge in [-0.3, -0.25) is 0 Å². The average Bonchev–Trinajstić information content (AvgIpc) is 2.29. The highest BCUT2D eigenvalue weighted by molar-refractivity contribution is 9.10. The molecule has 0 saturated carbocycles. The largest absolute Gasteiger partial charge is 0.433 e. The summed E-state index contributed by atoms with van der Waals surface area (Å²) in [5.74, 6) is -0.207. The standard InChI is InChI=1S/C11H11BrF3NO/c12-9-4-3-8(7-2-1-5-17-6-7)10(16-9)11(13,14)15/h3-4,7H,1-2,5-6H2. The Morgan fingerprint density at radius 1 is 1.35 bits per heavy atom. The quantitative estimate of drug-likeness (QED) is 0.737. The van der Waals surface area contributed by atoms with Crippen molar-refractivity contribution >= 4 is 15.9 Å². The number of hydrogen-bond acceptors (Lipinski definition) is 2. The molecule has 1 fully saturated rings. The smallest absolute Gasteiger partial charge is 0.381 e. The molecule has 1 aliphatic heterocycles. The Morgan fingerprint density at radius 2 is 2.12 bits per heavy atom. The van der Waals surface area contributed by atoms with Crippen molar-refractivity contribution in [2.45, 2.75) is 24.9 Å².